The number of fused-ring (bicyclic) bond motifs is 1. The Morgan fingerprint density at radius 2 is 2.15 bits per heavy atom. The number of aryl methyl sites for hydroxylation is 1. The summed E-state index contributed by atoms with van der Waals surface area (Å²) < 4.78 is 2.04. The van der Waals surface area contributed by atoms with Gasteiger partial charge in [0.05, 0.1) is 11.1 Å². The van der Waals surface area contributed by atoms with E-state index in [0.29, 0.717) is 4.88 Å². The lowest BCUT2D eigenvalue weighted by molar-refractivity contribution is 0.0959. The van der Waals surface area contributed by atoms with Gasteiger partial charge in [-0.25, -0.2) is 5.43 Å². The summed E-state index contributed by atoms with van der Waals surface area (Å²) in [6, 6.07) is 11.7. The summed E-state index contributed by atoms with van der Waals surface area (Å²) in [6.45, 7) is 0. The van der Waals surface area contributed by atoms with E-state index in [1.807, 2.05) is 47.5 Å². The van der Waals surface area contributed by atoms with Gasteiger partial charge in [0.2, 0.25) is 0 Å². The van der Waals surface area contributed by atoms with Crippen LogP contribution in [0.15, 0.2) is 53.1 Å². The van der Waals surface area contributed by atoms with Crippen LogP contribution in [-0.2, 0) is 7.05 Å². The second-order valence-electron chi connectivity index (χ2n) is 4.39. The van der Waals surface area contributed by atoms with Crippen molar-refractivity contribution in [2.45, 2.75) is 0 Å². The van der Waals surface area contributed by atoms with Crippen LogP contribution in [0.4, 0.5) is 0 Å². The van der Waals surface area contributed by atoms with Crippen molar-refractivity contribution >= 4 is 34.4 Å². The minimum atomic E-state index is -0.184. The van der Waals surface area contributed by atoms with Crippen LogP contribution in [0.3, 0.4) is 0 Å². The molecule has 3 rings (SSSR count). The molecule has 0 aliphatic rings. The maximum absolute atomic E-state index is 11.7. The number of hydrazone groups is 1. The van der Waals surface area contributed by atoms with Crippen LogP contribution in [0.2, 0.25) is 0 Å². The van der Waals surface area contributed by atoms with Gasteiger partial charge in [-0.3, -0.25) is 4.79 Å². The van der Waals surface area contributed by atoms with Crippen molar-refractivity contribution in [3.8, 4) is 0 Å². The summed E-state index contributed by atoms with van der Waals surface area (Å²) in [6.07, 6.45) is 3.67. The van der Waals surface area contributed by atoms with E-state index in [1.54, 1.807) is 12.3 Å². The van der Waals surface area contributed by atoms with Crippen molar-refractivity contribution in [1.82, 2.24) is 9.99 Å². The van der Waals surface area contributed by atoms with Crippen molar-refractivity contribution in [1.29, 1.82) is 0 Å². The Bertz CT molecular complexity index is 772. The fourth-order valence-corrected chi connectivity index (χ4v) is 2.71. The highest BCUT2D eigenvalue weighted by molar-refractivity contribution is 7.12. The molecule has 1 amide bonds. The van der Waals surface area contributed by atoms with Crippen LogP contribution in [0.25, 0.3) is 10.9 Å². The Labute approximate surface area is 120 Å². The largest absolute Gasteiger partial charge is 0.350 e. The first-order chi connectivity index (χ1) is 9.75. The van der Waals surface area contributed by atoms with Crippen molar-refractivity contribution in [3.05, 3.63) is 58.4 Å². The Hall–Kier alpha value is -2.40. The molecule has 0 fully saturated rings. The fourth-order valence-electron chi connectivity index (χ4n) is 2.10. The van der Waals surface area contributed by atoms with E-state index >= 15 is 0 Å². The molecule has 3 aromatic rings. The first kappa shape index (κ1) is 12.6. The van der Waals surface area contributed by atoms with E-state index in [4.69, 9.17) is 0 Å². The topological polar surface area (TPSA) is 46.4 Å². The van der Waals surface area contributed by atoms with E-state index in [0.717, 1.165) is 16.5 Å². The molecular formula is C15H13N3OS. The van der Waals surface area contributed by atoms with Crippen LogP contribution in [0, 0.1) is 0 Å². The molecule has 1 N–H and O–H groups in total. The molecule has 2 heterocycles. The van der Waals surface area contributed by atoms with E-state index in [1.165, 1.54) is 11.3 Å². The Kier molecular flexibility index (Phi) is 3.35. The average Bonchev–Trinajstić information content (AvgIpc) is 3.09. The Morgan fingerprint density at radius 1 is 1.30 bits per heavy atom. The van der Waals surface area contributed by atoms with Gasteiger partial charge in [0, 0.05) is 29.7 Å². The van der Waals surface area contributed by atoms with E-state index in [2.05, 4.69) is 16.6 Å². The molecule has 0 saturated heterocycles. The second-order valence-corrected chi connectivity index (χ2v) is 5.34. The van der Waals surface area contributed by atoms with Gasteiger partial charge in [-0.1, -0.05) is 24.3 Å². The van der Waals surface area contributed by atoms with Crippen LogP contribution in [-0.4, -0.2) is 16.7 Å². The summed E-state index contributed by atoms with van der Waals surface area (Å²) in [5.41, 5.74) is 4.66. The number of carbonyl (C=O) groups excluding carboxylic acids is 1. The highest BCUT2D eigenvalue weighted by atomic mass is 32.1. The molecule has 2 aromatic heterocycles. The minimum absolute atomic E-state index is 0.184. The molecule has 0 aliphatic heterocycles. The zero-order valence-corrected chi connectivity index (χ0v) is 11.7. The maximum atomic E-state index is 11.7. The monoisotopic (exact) mass is 283 g/mol. The fraction of sp³-hybridized carbons (Fsp3) is 0.0667. The zero-order chi connectivity index (χ0) is 13.9. The molecule has 4 nitrogen and oxygen atoms in total. The lowest BCUT2D eigenvalue weighted by Gasteiger charge is -1.95. The first-order valence-electron chi connectivity index (χ1n) is 6.16. The van der Waals surface area contributed by atoms with Crippen molar-refractivity contribution in [3.63, 3.8) is 0 Å². The van der Waals surface area contributed by atoms with Crippen LogP contribution in [0.5, 0.6) is 0 Å². The standard InChI is InChI=1S/C15H13N3OS/c1-18-10-11(12-5-2-3-6-13(12)18)9-16-17-15(19)14-7-4-8-20-14/h2-10H,1H3,(H,17,19)/b16-9+. The third kappa shape index (κ3) is 2.35. The molecule has 0 unspecified atom stereocenters. The molecule has 20 heavy (non-hydrogen) atoms. The Balaban J connectivity index is 1.80. The second kappa shape index (κ2) is 5.30. The number of carbonyl (C=O) groups is 1. The number of benzene rings is 1. The number of hydrogen-bond acceptors (Lipinski definition) is 3. The quantitative estimate of drug-likeness (QED) is 0.583. The molecule has 0 atom stereocenters. The molecular weight excluding hydrogens is 270 g/mol. The van der Waals surface area contributed by atoms with Crippen molar-refractivity contribution in [2.24, 2.45) is 12.1 Å². The van der Waals surface area contributed by atoms with Crippen LogP contribution >= 0.6 is 11.3 Å². The highest BCUT2D eigenvalue weighted by Gasteiger charge is 2.05. The molecule has 100 valence electrons. The maximum Gasteiger partial charge on any atom is 0.281 e. The van der Waals surface area contributed by atoms with E-state index in [9.17, 15) is 4.79 Å². The van der Waals surface area contributed by atoms with Crippen LogP contribution in [0.1, 0.15) is 15.2 Å². The third-order valence-electron chi connectivity index (χ3n) is 3.04. The van der Waals surface area contributed by atoms with Crippen molar-refractivity contribution in [2.75, 3.05) is 0 Å². The number of aromatic nitrogens is 1. The highest BCUT2D eigenvalue weighted by Crippen LogP contribution is 2.18. The zero-order valence-electron chi connectivity index (χ0n) is 10.9. The molecule has 0 bridgehead atoms. The predicted molar refractivity (Wildman–Crippen MR) is 82.3 cm³/mol. The lowest BCUT2D eigenvalue weighted by atomic mass is 10.2. The summed E-state index contributed by atoms with van der Waals surface area (Å²) in [5, 5.41) is 7.01. The van der Waals surface area contributed by atoms with Gasteiger partial charge in [-0.2, -0.15) is 5.10 Å². The van der Waals surface area contributed by atoms with Gasteiger partial charge in [-0.05, 0) is 17.5 Å². The lowest BCUT2D eigenvalue weighted by Crippen LogP contribution is -2.15. The van der Waals surface area contributed by atoms with E-state index < -0.39 is 0 Å². The number of nitrogens with zero attached hydrogens (tertiary/aromatic N) is 2. The summed E-state index contributed by atoms with van der Waals surface area (Å²) in [7, 11) is 1.99. The normalized spacial score (nSPS) is 11.2. The SMILES string of the molecule is Cn1cc(/C=N/NC(=O)c2cccs2)c2ccccc21. The predicted octanol–water partition coefficient (Wildman–Crippen LogP) is 3.00. The molecule has 0 radical (unpaired) electrons. The minimum Gasteiger partial charge on any atom is -0.350 e. The van der Waals surface area contributed by atoms with Gasteiger partial charge in [0.25, 0.3) is 5.91 Å². The van der Waals surface area contributed by atoms with Gasteiger partial charge in [0.15, 0.2) is 0 Å². The van der Waals surface area contributed by atoms with Gasteiger partial charge < -0.3 is 4.57 Å². The third-order valence-corrected chi connectivity index (χ3v) is 3.91. The number of rotatable bonds is 3. The van der Waals surface area contributed by atoms with Gasteiger partial charge in [0.1, 0.15) is 0 Å². The average molecular weight is 283 g/mol. The molecule has 0 saturated carbocycles. The van der Waals surface area contributed by atoms with Gasteiger partial charge >= 0.3 is 0 Å². The van der Waals surface area contributed by atoms with Crippen LogP contribution < -0.4 is 5.43 Å². The van der Waals surface area contributed by atoms with Crippen molar-refractivity contribution < 1.29 is 4.79 Å². The van der Waals surface area contributed by atoms with Gasteiger partial charge in [-0.15, -0.1) is 11.3 Å². The molecule has 5 heteroatoms. The Morgan fingerprint density at radius 3 is 2.95 bits per heavy atom. The molecule has 0 spiro atoms. The summed E-state index contributed by atoms with van der Waals surface area (Å²) in [5.74, 6) is -0.184. The molecule has 1 aromatic carbocycles. The number of hydrogen-bond donors (Lipinski definition) is 1. The number of nitrogens with one attached hydrogen (secondary N) is 1. The smallest absolute Gasteiger partial charge is 0.281 e. The summed E-state index contributed by atoms with van der Waals surface area (Å²) >= 11 is 1.39. The summed E-state index contributed by atoms with van der Waals surface area (Å²) in [4.78, 5) is 12.4. The number of para-hydroxylation sites is 1. The van der Waals surface area contributed by atoms with E-state index in [-0.39, 0.29) is 5.91 Å². The number of amides is 1. The first-order valence-corrected chi connectivity index (χ1v) is 7.04. The number of thiophene rings is 1. The molecule has 0 aliphatic carbocycles.